The molecule has 0 amide bonds. The van der Waals surface area contributed by atoms with Crippen LogP contribution >= 0.6 is 0 Å². The molecule has 0 saturated carbocycles. The van der Waals surface area contributed by atoms with Gasteiger partial charge >= 0.3 is 0 Å². The van der Waals surface area contributed by atoms with Crippen molar-refractivity contribution < 1.29 is 4.74 Å². The molecule has 0 aliphatic heterocycles. The zero-order valence-electron chi connectivity index (χ0n) is 12.4. The molecule has 0 fully saturated rings. The Labute approximate surface area is 116 Å². The van der Waals surface area contributed by atoms with Crippen molar-refractivity contribution in [2.45, 2.75) is 20.8 Å². The zero-order valence-corrected chi connectivity index (χ0v) is 12.4. The molecule has 4 nitrogen and oxygen atoms in total. The molecular weight excluding hydrogens is 238 g/mol. The average molecular weight is 263 g/mol. The average Bonchev–Trinajstić information content (AvgIpc) is 2.33. The van der Waals surface area contributed by atoms with Crippen LogP contribution in [0.4, 0.5) is 5.69 Å². The van der Waals surface area contributed by atoms with E-state index >= 15 is 0 Å². The first-order valence-electron chi connectivity index (χ1n) is 6.64. The topological polar surface area (TPSA) is 62.3 Å². The van der Waals surface area contributed by atoms with Gasteiger partial charge < -0.3 is 15.4 Å². The van der Waals surface area contributed by atoms with Gasteiger partial charge in [-0.05, 0) is 36.6 Å². The Morgan fingerprint density at radius 2 is 2.11 bits per heavy atom. The summed E-state index contributed by atoms with van der Waals surface area (Å²) in [5, 5.41) is 7.52. The summed E-state index contributed by atoms with van der Waals surface area (Å²) in [6.07, 6.45) is 0. The lowest BCUT2D eigenvalue weighted by Crippen LogP contribution is -2.31. The van der Waals surface area contributed by atoms with E-state index in [9.17, 15) is 0 Å². The second kappa shape index (κ2) is 7.14. The molecule has 0 aliphatic rings. The number of benzene rings is 1. The third-order valence-electron chi connectivity index (χ3n) is 3.02. The van der Waals surface area contributed by atoms with Gasteiger partial charge in [0, 0.05) is 31.5 Å². The predicted octanol–water partition coefficient (Wildman–Crippen LogP) is 2.39. The lowest BCUT2D eigenvalue weighted by Gasteiger charge is -2.27. The van der Waals surface area contributed by atoms with E-state index in [4.69, 9.17) is 15.9 Å². The molecule has 1 aromatic carbocycles. The fourth-order valence-electron chi connectivity index (χ4n) is 2.11. The van der Waals surface area contributed by atoms with Crippen molar-refractivity contribution in [3.8, 4) is 0 Å². The van der Waals surface area contributed by atoms with Gasteiger partial charge in [0.15, 0.2) is 0 Å². The monoisotopic (exact) mass is 263 g/mol. The van der Waals surface area contributed by atoms with Crippen molar-refractivity contribution in [1.29, 1.82) is 5.41 Å². The Bertz CT molecular complexity index is 429. The molecule has 106 valence electrons. The first-order valence-corrected chi connectivity index (χ1v) is 6.64. The molecule has 0 bridgehead atoms. The Morgan fingerprint density at radius 3 is 2.58 bits per heavy atom. The van der Waals surface area contributed by atoms with Crippen LogP contribution in [-0.4, -0.2) is 32.6 Å². The minimum Gasteiger partial charge on any atom is -0.384 e. The highest BCUT2D eigenvalue weighted by atomic mass is 16.5. The number of ether oxygens (including phenoxy) is 1. The summed E-state index contributed by atoms with van der Waals surface area (Å²) in [6, 6.07) is 6.05. The second-order valence-corrected chi connectivity index (χ2v) is 5.25. The van der Waals surface area contributed by atoms with Crippen LogP contribution in [0.3, 0.4) is 0 Å². The Kier molecular flexibility index (Phi) is 5.83. The van der Waals surface area contributed by atoms with E-state index in [1.807, 2.05) is 19.1 Å². The smallest absolute Gasteiger partial charge is 0.123 e. The van der Waals surface area contributed by atoms with Gasteiger partial charge in [-0.2, -0.15) is 0 Å². The number of nitrogens with zero attached hydrogens (tertiary/aromatic N) is 1. The first-order chi connectivity index (χ1) is 8.95. The van der Waals surface area contributed by atoms with Crippen LogP contribution in [-0.2, 0) is 4.74 Å². The number of methoxy groups -OCH3 is 1. The van der Waals surface area contributed by atoms with Crippen LogP contribution in [0.5, 0.6) is 0 Å². The lowest BCUT2D eigenvalue weighted by molar-refractivity contribution is 0.204. The summed E-state index contributed by atoms with van der Waals surface area (Å²) in [7, 11) is 1.72. The molecule has 0 aromatic heterocycles. The predicted molar refractivity (Wildman–Crippen MR) is 81.1 cm³/mol. The number of rotatable bonds is 7. The number of nitrogens with one attached hydrogen (secondary N) is 1. The molecule has 0 radical (unpaired) electrons. The van der Waals surface area contributed by atoms with Gasteiger partial charge in [0.25, 0.3) is 0 Å². The third kappa shape index (κ3) is 4.56. The molecule has 0 spiro atoms. The molecule has 3 N–H and O–H groups in total. The van der Waals surface area contributed by atoms with Crippen LogP contribution in [0.15, 0.2) is 18.2 Å². The minimum absolute atomic E-state index is 0.122. The zero-order chi connectivity index (χ0) is 14.4. The fourth-order valence-corrected chi connectivity index (χ4v) is 2.11. The van der Waals surface area contributed by atoms with Crippen molar-refractivity contribution in [3.05, 3.63) is 29.3 Å². The number of amidine groups is 1. The van der Waals surface area contributed by atoms with Crippen LogP contribution in [0.2, 0.25) is 0 Å². The second-order valence-electron chi connectivity index (χ2n) is 5.25. The Morgan fingerprint density at radius 1 is 1.42 bits per heavy atom. The number of nitrogens with two attached hydrogens (primary N) is 1. The van der Waals surface area contributed by atoms with Crippen LogP contribution in [0.1, 0.15) is 25.0 Å². The highest BCUT2D eigenvalue weighted by Crippen LogP contribution is 2.20. The normalized spacial score (nSPS) is 10.8. The number of aryl methyl sites for hydroxylation is 1. The maximum atomic E-state index is 7.52. The van der Waals surface area contributed by atoms with E-state index in [2.05, 4.69) is 24.8 Å². The number of hydrogen-bond acceptors (Lipinski definition) is 3. The van der Waals surface area contributed by atoms with E-state index in [1.54, 1.807) is 7.11 Å². The highest BCUT2D eigenvalue weighted by molar-refractivity contribution is 5.96. The molecule has 1 aromatic rings. The Hall–Kier alpha value is -1.55. The first kappa shape index (κ1) is 15.5. The van der Waals surface area contributed by atoms with Gasteiger partial charge in [-0.3, -0.25) is 5.41 Å². The SMILES string of the molecule is COCCN(CC(C)C)c1ccc(C(=N)N)c(C)c1. The van der Waals surface area contributed by atoms with Crippen LogP contribution in [0.25, 0.3) is 0 Å². The molecule has 0 heterocycles. The molecule has 0 saturated heterocycles. The van der Waals surface area contributed by atoms with E-state index in [-0.39, 0.29) is 5.84 Å². The van der Waals surface area contributed by atoms with Crippen LogP contribution in [0, 0.1) is 18.3 Å². The molecule has 0 aliphatic carbocycles. The van der Waals surface area contributed by atoms with E-state index in [0.717, 1.165) is 29.9 Å². The maximum Gasteiger partial charge on any atom is 0.123 e. The van der Waals surface area contributed by atoms with Crippen LogP contribution < -0.4 is 10.6 Å². The van der Waals surface area contributed by atoms with Crippen molar-refractivity contribution in [1.82, 2.24) is 0 Å². The summed E-state index contributed by atoms with van der Waals surface area (Å²) in [4.78, 5) is 2.31. The quantitative estimate of drug-likeness (QED) is 0.586. The summed E-state index contributed by atoms with van der Waals surface area (Å²) in [5.41, 5.74) is 8.56. The number of anilines is 1. The summed E-state index contributed by atoms with van der Waals surface area (Å²) in [5.74, 6) is 0.709. The molecule has 0 atom stereocenters. The number of nitrogen functional groups attached to an aromatic ring is 1. The van der Waals surface area contributed by atoms with Gasteiger partial charge in [-0.1, -0.05) is 13.8 Å². The summed E-state index contributed by atoms with van der Waals surface area (Å²) >= 11 is 0. The van der Waals surface area contributed by atoms with Crippen molar-refractivity contribution in [3.63, 3.8) is 0 Å². The fraction of sp³-hybridized carbons (Fsp3) is 0.533. The van der Waals surface area contributed by atoms with Crippen molar-refractivity contribution in [2.75, 3.05) is 31.7 Å². The molecule has 19 heavy (non-hydrogen) atoms. The van der Waals surface area contributed by atoms with E-state index in [1.165, 1.54) is 0 Å². The molecule has 0 unspecified atom stereocenters. The van der Waals surface area contributed by atoms with E-state index < -0.39 is 0 Å². The van der Waals surface area contributed by atoms with Gasteiger partial charge in [-0.15, -0.1) is 0 Å². The lowest BCUT2D eigenvalue weighted by atomic mass is 10.1. The summed E-state index contributed by atoms with van der Waals surface area (Å²) < 4.78 is 5.17. The highest BCUT2D eigenvalue weighted by Gasteiger charge is 2.10. The molecule has 4 heteroatoms. The Balaban J connectivity index is 2.95. The van der Waals surface area contributed by atoms with Crippen molar-refractivity contribution >= 4 is 11.5 Å². The van der Waals surface area contributed by atoms with Gasteiger partial charge in [0.1, 0.15) is 5.84 Å². The van der Waals surface area contributed by atoms with Gasteiger partial charge in [0.05, 0.1) is 6.61 Å². The summed E-state index contributed by atoms with van der Waals surface area (Å²) in [6.45, 7) is 8.97. The largest absolute Gasteiger partial charge is 0.384 e. The molecule has 1 rings (SSSR count). The minimum atomic E-state index is 0.122. The molecular formula is C15H25N3O. The third-order valence-corrected chi connectivity index (χ3v) is 3.02. The van der Waals surface area contributed by atoms with E-state index in [0.29, 0.717) is 12.5 Å². The maximum absolute atomic E-state index is 7.52. The van der Waals surface area contributed by atoms with Crippen molar-refractivity contribution in [2.24, 2.45) is 11.7 Å². The van der Waals surface area contributed by atoms with Gasteiger partial charge in [0.2, 0.25) is 0 Å². The van der Waals surface area contributed by atoms with Gasteiger partial charge in [-0.25, -0.2) is 0 Å². The number of hydrogen-bond donors (Lipinski definition) is 2. The standard InChI is InChI=1S/C15H25N3O/c1-11(2)10-18(7-8-19-4)13-5-6-14(15(16)17)12(3)9-13/h5-6,9,11H,7-8,10H2,1-4H3,(H3,16,17).